The van der Waals surface area contributed by atoms with Gasteiger partial charge in [0.2, 0.25) is 5.91 Å². The van der Waals surface area contributed by atoms with E-state index in [1.54, 1.807) is 7.05 Å². The maximum Gasteiger partial charge on any atom is 0.226 e. The molecule has 1 fully saturated rings. The van der Waals surface area contributed by atoms with Crippen molar-refractivity contribution in [2.45, 2.75) is 25.4 Å². The minimum atomic E-state index is -0.731. The van der Waals surface area contributed by atoms with Crippen molar-refractivity contribution in [1.82, 2.24) is 4.90 Å². The summed E-state index contributed by atoms with van der Waals surface area (Å²) in [6.07, 6.45) is 1.45. The third-order valence-electron chi connectivity index (χ3n) is 3.46. The molecule has 4 nitrogen and oxygen atoms in total. The number of amides is 1. The molecule has 0 bridgehead atoms. The zero-order chi connectivity index (χ0) is 14.0. The van der Waals surface area contributed by atoms with E-state index in [0.717, 1.165) is 18.9 Å². The lowest BCUT2D eigenvalue weighted by atomic mass is 10.1. The lowest BCUT2D eigenvalue weighted by molar-refractivity contribution is -0.130. The lowest BCUT2D eigenvalue weighted by Gasteiger charge is -2.21. The maximum absolute atomic E-state index is 13.1. The van der Waals surface area contributed by atoms with Crippen molar-refractivity contribution < 1.29 is 19.4 Å². The van der Waals surface area contributed by atoms with Gasteiger partial charge in [-0.25, -0.2) is 4.39 Å². The second-order valence-electron chi connectivity index (χ2n) is 5.10. The Labute approximate surface area is 111 Å². The summed E-state index contributed by atoms with van der Waals surface area (Å²) in [5.74, 6) is -1.16. The lowest BCUT2D eigenvalue weighted by Crippen LogP contribution is -2.36. The summed E-state index contributed by atoms with van der Waals surface area (Å²) in [6.45, 7) is 0.277. The van der Waals surface area contributed by atoms with E-state index in [2.05, 4.69) is 0 Å². The number of para-hydroxylation sites is 1. The Balaban J connectivity index is 1.94. The molecule has 0 aliphatic heterocycles. The first-order valence-electron chi connectivity index (χ1n) is 6.37. The van der Waals surface area contributed by atoms with E-state index < -0.39 is 17.7 Å². The monoisotopic (exact) mass is 267 g/mol. The van der Waals surface area contributed by atoms with E-state index in [1.807, 2.05) is 0 Å². The molecular formula is C14H18FNO3. The maximum atomic E-state index is 13.1. The third-order valence-corrected chi connectivity index (χ3v) is 3.46. The molecule has 1 atom stereocenters. The Morgan fingerprint density at radius 3 is 2.84 bits per heavy atom. The van der Waals surface area contributed by atoms with Gasteiger partial charge in [0, 0.05) is 19.2 Å². The van der Waals surface area contributed by atoms with Crippen LogP contribution < -0.4 is 0 Å². The minimum absolute atomic E-state index is 0.0719. The molecule has 0 radical (unpaired) electrons. The van der Waals surface area contributed by atoms with Crippen LogP contribution in [0.25, 0.3) is 0 Å². The topological polar surface area (TPSA) is 60.8 Å². The normalized spacial score (nSPS) is 16.2. The number of halogens is 1. The molecule has 0 aromatic heterocycles. The van der Waals surface area contributed by atoms with E-state index in [-0.39, 0.29) is 24.4 Å². The Morgan fingerprint density at radius 2 is 2.21 bits per heavy atom. The van der Waals surface area contributed by atoms with Crippen LogP contribution in [0.5, 0.6) is 5.75 Å². The van der Waals surface area contributed by atoms with Crippen LogP contribution in [0.3, 0.4) is 0 Å². The quantitative estimate of drug-likeness (QED) is 0.845. The highest BCUT2D eigenvalue weighted by Gasteiger charge is 2.31. The van der Waals surface area contributed by atoms with Gasteiger partial charge in [0.25, 0.3) is 0 Å². The van der Waals surface area contributed by atoms with Gasteiger partial charge in [-0.2, -0.15) is 0 Å². The number of phenolic OH excluding ortho intramolecular Hbond substituents is 1. The van der Waals surface area contributed by atoms with Gasteiger partial charge < -0.3 is 15.1 Å². The minimum Gasteiger partial charge on any atom is -0.505 e. The van der Waals surface area contributed by atoms with E-state index >= 15 is 0 Å². The number of phenols is 1. The van der Waals surface area contributed by atoms with Crippen LogP contribution in [-0.4, -0.2) is 40.7 Å². The number of aliphatic hydroxyl groups excluding tert-OH is 1. The highest BCUT2D eigenvalue weighted by molar-refractivity contribution is 5.79. The molecule has 1 aliphatic rings. The first-order chi connectivity index (χ1) is 8.99. The van der Waals surface area contributed by atoms with E-state index in [4.69, 9.17) is 0 Å². The average Bonchev–Trinajstić information content (AvgIpc) is 3.18. The predicted octanol–water partition coefficient (Wildman–Crippen LogP) is 1.30. The van der Waals surface area contributed by atoms with Gasteiger partial charge in [0.05, 0.1) is 12.5 Å². The number of aromatic hydroxyl groups is 1. The SMILES string of the molecule is CN(CC(O)C1CC1)C(=O)Cc1cccc(F)c1O. The molecule has 1 saturated carbocycles. The average molecular weight is 267 g/mol. The summed E-state index contributed by atoms with van der Waals surface area (Å²) in [6, 6.07) is 4.11. The first kappa shape index (κ1) is 13.8. The molecular weight excluding hydrogens is 249 g/mol. The van der Waals surface area contributed by atoms with Crippen molar-refractivity contribution in [1.29, 1.82) is 0 Å². The molecule has 0 saturated heterocycles. The van der Waals surface area contributed by atoms with Crippen LogP contribution >= 0.6 is 0 Å². The molecule has 1 aliphatic carbocycles. The van der Waals surface area contributed by atoms with Gasteiger partial charge in [-0.05, 0) is 24.8 Å². The van der Waals surface area contributed by atoms with Crippen LogP contribution in [-0.2, 0) is 11.2 Å². The van der Waals surface area contributed by atoms with Gasteiger partial charge >= 0.3 is 0 Å². The second-order valence-corrected chi connectivity index (χ2v) is 5.10. The van der Waals surface area contributed by atoms with Crippen molar-refractivity contribution >= 4 is 5.91 Å². The first-order valence-corrected chi connectivity index (χ1v) is 6.37. The Morgan fingerprint density at radius 1 is 1.53 bits per heavy atom. The smallest absolute Gasteiger partial charge is 0.226 e. The zero-order valence-corrected chi connectivity index (χ0v) is 10.8. The fraction of sp³-hybridized carbons (Fsp3) is 0.500. The predicted molar refractivity (Wildman–Crippen MR) is 68.1 cm³/mol. The zero-order valence-electron chi connectivity index (χ0n) is 10.8. The fourth-order valence-corrected chi connectivity index (χ4v) is 2.01. The number of rotatable bonds is 5. The van der Waals surface area contributed by atoms with Gasteiger partial charge in [0.1, 0.15) is 0 Å². The Kier molecular flexibility index (Phi) is 4.04. The fourth-order valence-electron chi connectivity index (χ4n) is 2.01. The standard InChI is InChI=1S/C14H18FNO3/c1-16(8-12(17)9-5-6-9)13(18)7-10-3-2-4-11(15)14(10)19/h2-4,9,12,17,19H,5-8H2,1H3. The van der Waals surface area contributed by atoms with Crippen molar-refractivity contribution in [3.8, 4) is 5.75 Å². The summed E-state index contributed by atoms with van der Waals surface area (Å²) in [5.41, 5.74) is 0.262. The number of hydrogen-bond donors (Lipinski definition) is 2. The molecule has 1 unspecified atom stereocenters. The van der Waals surface area contributed by atoms with Crippen molar-refractivity contribution in [3.05, 3.63) is 29.6 Å². The highest BCUT2D eigenvalue weighted by Crippen LogP contribution is 2.32. The van der Waals surface area contributed by atoms with E-state index in [9.17, 15) is 19.4 Å². The number of benzene rings is 1. The summed E-state index contributed by atoms with van der Waals surface area (Å²) < 4.78 is 13.1. The van der Waals surface area contributed by atoms with Crippen LogP contribution in [0.15, 0.2) is 18.2 Å². The number of aliphatic hydroxyl groups is 1. The van der Waals surface area contributed by atoms with Crippen LogP contribution in [0.4, 0.5) is 4.39 Å². The van der Waals surface area contributed by atoms with E-state index in [1.165, 1.54) is 17.0 Å². The summed E-state index contributed by atoms with van der Waals surface area (Å²) in [5, 5.41) is 19.3. The highest BCUT2D eigenvalue weighted by atomic mass is 19.1. The van der Waals surface area contributed by atoms with Crippen LogP contribution in [0, 0.1) is 11.7 Å². The second kappa shape index (κ2) is 5.57. The molecule has 0 heterocycles. The number of hydrogen-bond acceptors (Lipinski definition) is 3. The van der Waals surface area contributed by atoms with Crippen LogP contribution in [0.2, 0.25) is 0 Å². The van der Waals surface area contributed by atoms with Gasteiger partial charge in [-0.3, -0.25) is 4.79 Å². The number of carbonyl (C=O) groups excluding carboxylic acids is 1. The Hall–Kier alpha value is -1.62. The summed E-state index contributed by atoms with van der Waals surface area (Å²) >= 11 is 0. The molecule has 2 N–H and O–H groups in total. The largest absolute Gasteiger partial charge is 0.505 e. The summed E-state index contributed by atoms with van der Waals surface area (Å²) in [7, 11) is 1.60. The molecule has 0 spiro atoms. The van der Waals surface area contributed by atoms with Gasteiger partial charge in [0.15, 0.2) is 11.6 Å². The number of carbonyl (C=O) groups is 1. The molecule has 2 rings (SSSR count). The molecule has 1 amide bonds. The molecule has 1 aromatic rings. The van der Waals surface area contributed by atoms with Gasteiger partial charge in [-0.1, -0.05) is 12.1 Å². The third kappa shape index (κ3) is 3.44. The Bertz CT molecular complexity index is 474. The summed E-state index contributed by atoms with van der Waals surface area (Å²) in [4.78, 5) is 13.4. The van der Waals surface area contributed by atoms with Gasteiger partial charge in [-0.15, -0.1) is 0 Å². The molecule has 1 aromatic carbocycles. The number of likely N-dealkylation sites (N-methyl/N-ethyl adjacent to an activating group) is 1. The molecule has 5 heteroatoms. The van der Waals surface area contributed by atoms with Crippen LogP contribution in [0.1, 0.15) is 18.4 Å². The van der Waals surface area contributed by atoms with E-state index in [0.29, 0.717) is 5.92 Å². The molecule has 104 valence electrons. The van der Waals surface area contributed by atoms with Crippen molar-refractivity contribution in [2.75, 3.05) is 13.6 Å². The van der Waals surface area contributed by atoms with Crippen molar-refractivity contribution in [3.63, 3.8) is 0 Å². The number of nitrogens with zero attached hydrogens (tertiary/aromatic N) is 1. The molecule has 19 heavy (non-hydrogen) atoms. The van der Waals surface area contributed by atoms with Crippen molar-refractivity contribution in [2.24, 2.45) is 5.92 Å².